The summed E-state index contributed by atoms with van der Waals surface area (Å²) in [4.78, 5) is 33.2. The van der Waals surface area contributed by atoms with Gasteiger partial charge in [-0.1, -0.05) is 12.1 Å². The molecule has 9 nitrogen and oxygen atoms in total. The second-order valence-corrected chi connectivity index (χ2v) is 9.92. The van der Waals surface area contributed by atoms with Crippen LogP contribution < -0.4 is 22.1 Å². The van der Waals surface area contributed by atoms with Crippen LogP contribution in [0.25, 0.3) is 5.69 Å². The predicted octanol–water partition coefficient (Wildman–Crippen LogP) is 1.52. The number of fused-ring (bicyclic) bond motifs is 2. The minimum atomic E-state index is -0.423. The minimum Gasteiger partial charge on any atom is -0.325 e. The van der Waals surface area contributed by atoms with Gasteiger partial charge in [0, 0.05) is 50.0 Å². The Balaban J connectivity index is 1.23. The second kappa shape index (κ2) is 8.55. The third kappa shape index (κ3) is 4.40. The van der Waals surface area contributed by atoms with Crippen molar-refractivity contribution in [2.75, 3.05) is 38.5 Å². The van der Waals surface area contributed by atoms with Gasteiger partial charge in [0.2, 0.25) is 0 Å². The molecule has 0 atom stereocenters. The van der Waals surface area contributed by atoms with Gasteiger partial charge in [-0.15, -0.1) is 0 Å². The fourth-order valence-electron chi connectivity index (χ4n) is 5.67. The zero-order valence-corrected chi connectivity index (χ0v) is 19.2. The summed E-state index contributed by atoms with van der Waals surface area (Å²) in [6.45, 7) is 3.67. The number of carbonyl (C=O) groups is 1. The third-order valence-corrected chi connectivity index (χ3v) is 7.74. The van der Waals surface area contributed by atoms with Crippen molar-refractivity contribution in [3.63, 3.8) is 0 Å². The van der Waals surface area contributed by atoms with E-state index < -0.39 is 5.69 Å². The van der Waals surface area contributed by atoms with Crippen LogP contribution >= 0.6 is 0 Å². The minimum absolute atomic E-state index is 0.0445. The molecule has 2 amide bonds. The Morgan fingerprint density at radius 2 is 1.85 bits per heavy atom. The highest BCUT2D eigenvalue weighted by molar-refractivity contribution is 5.88. The molecule has 1 aromatic carbocycles. The number of urea groups is 1. The summed E-state index contributed by atoms with van der Waals surface area (Å²) in [6.07, 6.45) is 7.34. The number of rotatable bonds is 5. The van der Waals surface area contributed by atoms with Crippen LogP contribution in [0.4, 0.5) is 10.6 Å². The molecule has 3 aliphatic rings. The van der Waals surface area contributed by atoms with E-state index in [9.17, 15) is 9.59 Å². The van der Waals surface area contributed by atoms with Gasteiger partial charge in [-0.2, -0.15) is 4.98 Å². The molecule has 0 radical (unpaired) electrons. The molecular formula is C24H33N7O2. The quantitative estimate of drug-likeness (QED) is 0.636. The largest absolute Gasteiger partial charge is 0.354 e. The highest BCUT2D eigenvalue weighted by atomic mass is 16.2. The van der Waals surface area contributed by atoms with E-state index in [0.717, 1.165) is 44.6 Å². The first-order valence-corrected chi connectivity index (χ1v) is 11.8. The number of nitrogens with one attached hydrogen (secondary N) is 2. The molecule has 4 N–H and O–H groups in total. The number of carbonyl (C=O) groups excluding carboxylic acids is 1. The van der Waals surface area contributed by atoms with Crippen molar-refractivity contribution in [3.8, 4) is 5.69 Å². The Kier molecular flexibility index (Phi) is 5.72. The summed E-state index contributed by atoms with van der Waals surface area (Å²) in [7, 11) is 2.20. The fourth-order valence-corrected chi connectivity index (χ4v) is 5.67. The van der Waals surface area contributed by atoms with Gasteiger partial charge in [0.15, 0.2) is 0 Å². The van der Waals surface area contributed by atoms with E-state index >= 15 is 0 Å². The molecule has 2 aromatic rings. The number of amides is 2. The molecule has 0 spiro atoms. The van der Waals surface area contributed by atoms with E-state index in [1.807, 2.05) is 12.1 Å². The van der Waals surface area contributed by atoms with Crippen molar-refractivity contribution in [3.05, 3.63) is 52.6 Å². The number of benzene rings is 1. The van der Waals surface area contributed by atoms with E-state index in [2.05, 4.69) is 39.7 Å². The zero-order chi connectivity index (χ0) is 23.1. The van der Waals surface area contributed by atoms with Gasteiger partial charge in [0.25, 0.3) is 0 Å². The maximum Gasteiger partial charge on any atom is 0.354 e. The van der Waals surface area contributed by atoms with Crippen LogP contribution in [0.3, 0.4) is 0 Å². The van der Waals surface area contributed by atoms with Crippen molar-refractivity contribution < 1.29 is 4.79 Å². The summed E-state index contributed by atoms with van der Waals surface area (Å²) in [5.74, 6) is 0.265. The maximum absolute atomic E-state index is 12.6. The molecule has 176 valence electrons. The molecule has 33 heavy (non-hydrogen) atoms. The molecule has 2 heterocycles. The smallest absolute Gasteiger partial charge is 0.325 e. The molecule has 1 aromatic heterocycles. The first kappa shape index (κ1) is 22.1. The SMILES string of the molecule is CN(Cc1ccc(-n2ccc(NC(=O)N3CCNCC3)nc2=O)cc1)C12CCC(N)(CC1)C2. The van der Waals surface area contributed by atoms with E-state index in [-0.39, 0.29) is 22.9 Å². The summed E-state index contributed by atoms with van der Waals surface area (Å²) >= 11 is 0. The van der Waals surface area contributed by atoms with E-state index in [1.54, 1.807) is 17.2 Å². The van der Waals surface area contributed by atoms with Crippen molar-refractivity contribution in [2.24, 2.45) is 5.73 Å². The van der Waals surface area contributed by atoms with Crippen LogP contribution in [0.2, 0.25) is 0 Å². The van der Waals surface area contributed by atoms with Gasteiger partial charge in [0.05, 0.1) is 5.69 Å². The maximum atomic E-state index is 12.6. The molecule has 9 heteroatoms. The predicted molar refractivity (Wildman–Crippen MR) is 127 cm³/mol. The highest BCUT2D eigenvalue weighted by Gasteiger charge is 2.53. The number of piperazine rings is 1. The average Bonchev–Trinajstić information content (AvgIpc) is 3.36. The highest BCUT2D eigenvalue weighted by Crippen LogP contribution is 2.52. The first-order valence-electron chi connectivity index (χ1n) is 11.8. The van der Waals surface area contributed by atoms with Crippen LogP contribution in [0.15, 0.2) is 41.3 Å². The number of hydrogen-bond acceptors (Lipinski definition) is 6. The number of anilines is 1. The molecule has 1 saturated heterocycles. The van der Waals surface area contributed by atoms with Crippen molar-refractivity contribution in [1.29, 1.82) is 0 Å². The summed E-state index contributed by atoms with van der Waals surface area (Å²) in [6, 6.07) is 9.44. The summed E-state index contributed by atoms with van der Waals surface area (Å²) in [5, 5.41) is 5.93. The van der Waals surface area contributed by atoms with Crippen LogP contribution in [0.1, 0.15) is 37.7 Å². The molecule has 2 saturated carbocycles. The number of hydrogen-bond donors (Lipinski definition) is 3. The first-order chi connectivity index (χ1) is 15.9. The monoisotopic (exact) mass is 451 g/mol. The third-order valence-electron chi connectivity index (χ3n) is 7.74. The molecule has 2 aliphatic carbocycles. The Morgan fingerprint density at radius 1 is 1.15 bits per heavy atom. The summed E-state index contributed by atoms with van der Waals surface area (Å²) < 4.78 is 1.49. The lowest BCUT2D eigenvalue weighted by atomic mass is 9.90. The van der Waals surface area contributed by atoms with Gasteiger partial charge < -0.3 is 16.0 Å². The van der Waals surface area contributed by atoms with Crippen LogP contribution in [-0.2, 0) is 6.54 Å². The molecule has 0 unspecified atom stereocenters. The topological polar surface area (TPSA) is 109 Å². The van der Waals surface area contributed by atoms with Crippen LogP contribution in [0, 0.1) is 0 Å². The lowest BCUT2D eigenvalue weighted by Crippen LogP contribution is -2.48. The molecule has 1 aliphatic heterocycles. The fraction of sp³-hybridized carbons (Fsp3) is 0.542. The van der Waals surface area contributed by atoms with Crippen molar-refractivity contribution in [1.82, 2.24) is 24.7 Å². The van der Waals surface area contributed by atoms with Crippen molar-refractivity contribution >= 4 is 11.8 Å². The van der Waals surface area contributed by atoms with Gasteiger partial charge in [-0.05, 0) is 62.9 Å². The Bertz CT molecular complexity index is 1070. The van der Waals surface area contributed by atoms with Gasteiger partial charge in [0.1, 0.15) is 5.82 Å². The van der Waals surface area contributed by atoms with Gasteiger partial charge >= 0.3 is 11.7 Å². The Hall–Kier alpha value is -2.75. The van der Waals surface area contributed by atoms with E-state index in [4.69, 9.17) is 5.73 Å². The molecule has 5 rings (SSSR count). The normalized spacial score (nSPS) is 26.7. The second-order valence-electron chi connectivity index (χ2n) is 9.92. The van der Waals surface area contributed by atoms with Crippen LogP contribution in [-0.4, -0.2) is 69.7 Å². The average molecular weight is 452 g/mol. The lowest BCUT2D eigenvalue weighted by Gasteiger charge is -2.37. The van der Waals surface area contributed by atoms with E-state index in [1.165, 1.54) is 23.0 Å². The number of nitrogens with two attached hydrogens (primary N) is 1. The Labute approximate surface area is 194 Å². The standard InChI is InChI=1S/C24H33N7O2/c1-29(24-9-7-23(25,17-24)8-10-24)16-18-2-4-19(5-3-18)31-13-6-20(28-22(31)33)27-21(32)30-14-11-26-12-15-30/h2-6,13,26H,7-12,14-17,25H2,1H3,(H,27,28,32,33). The van der Waals surface area contributed by atoms with Gasteiger partial charge in [-0.25, -0.2) is 9.59 Å². The summed E-state index contributed by atoms with van der Waals surface area (Å²) in [5.41, 5.74) is 8.31. The van der Waals surface area contributed by atoms with Crippen LogP contribution in [0.5, 0.6) is 0 Å². The molecule has 3 fully saturated rings. The van der Waals surface area contributed by atoms with E-state index in [0.29, 0.717) is 13.1 Å². The van der Waals surface area contributed by atoms with Crippen molar-refractivity contribution in [2.45, 2.75) is 49.7 Å². The molecule has 2 bridgehead atoms. The molecular weight excluding hydrogens is 418 g/mol. The van der Waals surface area contributed by atoms with Gasteiger partial charge in [-0.3, -0.25) is 14.8 Å². The lowest BCUT2D eigenvalue weighted by molar-refractivity contribution is 0.119. The number of nitrogens with zero attached hydrogens (tertiary/aromatic N) is 4. The number of aromatic nitrogens is 2. The zero-order valence-electron chi connectivity index (χ0n) is 19.2. The Morgan fingerprint density at radius 3 is 2.45 bits per heavy atom.